The first-order chi connectivity index (χ1) is 8.47. The number of thiazole rings is 1. The van der Waals surface area contributed by atoms with Gasteiger partial charge in [0.2, 0.25) is 5.91 Å². The molecule has 0 bridgehead atoms. The number of carbonyl (C=O) groups excluding carboxylic acids is 1. The summed E-state index contributed by atoms with van der Waals surface area (Å²) in [5.41, 5.74) is 1.15. The molecule has 1 N–H and O–H groups in total. The average Bonchev–Trinajstić information content (AvgIpc) is 2.96. The summed E-state index contributed by atoms with van der Waals surface area (Å²) in [5.74, 6) is 0.104. The molecule has 0 unspecified atom stereocenters. The maximum Gasteiger partial charge on any atom is 0.225 e. The number of amides is 1. The lowest BCUT2D eigenvalue weighted by Crippen LogP contribution is -2.30. The number of ether oxygens (including phenoxy) is 1. The van der Waals surface area contributed by atoms with Gasteiger partial charge in [0, 0.05) is 17.4 Å². The van der Waals surface area contributed by atoms with Crippen LogP contribution in [0.25, 0.3) is 0 Å². The number of nitrogens with one attached hydrogen (secondary N) is 1. The summed E-state index contributed by atoms with van der Waals surface area (Å²) in [7, 11) is 0. The number of carbonyl (C=O) groups is 1. The van der Waals surface area contributed by atoms with Crippen LogP contribution in [0.3, 0.4) is 0 Å². The monoisotopic (exact) mass is 268 g/mol. The molecule has 1 saturated heterocycles. The normalized spacial score (nSPS) is 20.1. The first-order valence-electron chi connectivity index (χ1n) is 6.27. The first kappa shape index (κ1) is 13.5. The molecule has 4 nitrogen and oxygen atoms in total. The summed E-state index contributed by atoms with van der Waals surface area (Å²) in [6.07, 6.45) is 0.830. The molecule has 0 saturated carbocycles. The predicted molar refractivity (Wildman–Crippen MR) is 71.6 cm³/mol. The van der Waals surface area contributed by atoms with Crippen molar-refractivity contribution in [2.24, 2.45) is 5.92 Å². The van der Waals surface area contributed by atoms with E-state index in [1.807, 2.05) is 0 Å². The fourth-order valence-corrected chi connectivity index (χ4v) is 2.75. The van der Waals surface area contributed by atoms with Crippen LogP contribution in [0.15, 0.2) is 5.38 Å². The van der Waals surface area contributed by atoms with E-state index in [0.29, 0.717) is 19.8 Å². The van der Waals surface area contributed by atoms with Crippen LogP contribution in [-0.2, 0) is 21.5 Å². The van der Waals surface area contributed by atoms with Gasteiger partial charge in [0.05, 0.1) is 24.8 Å². The van der Waals surface area contributed by atoms with Crippen LogP contribution in [0.5, 0.6) is 0 Å². The van der Waals surface area contributed by atoms with E-state index in [0.717, 1.165) is 17.1 Å². The number of rotatable bonds is 3. The molecule has 1 aliphatic rings. The Kier molecular flexibility index (Phi) is 4.02. The Hall–Kier alpha value is -0.940. The number of nitrogens with zero attached hydrogens (tertiary/aromatic N) is 1. The van der Waals surface area contributed by atoms with Crippen molar-refractivity contribution < 1.29 is 9.53 Å². The lowest BCUT2D eigenvalue weighted by molar-refractivity contribution is -0.125. The van der Waals surface area contributed by atoms with Crippen molar-refractivity contribution >= 4 is 17.2 Å². The van der Waals surface area contributed by atoms with Crippen molar-refractivity contribution in [2.45, 2.75) is 39.2 Å². The minimum absolute atomic E-state index is 0.0204. The van der Waals surface area contributed by atoms with Gasteiger partial charge >= 0.3 is 0 Å². The summed E-state index contributed by atoms with van der Waals surface area (Å²) in [5, 5.41) is 5.97. The maximum absolute atomic E-state index is 11.8. The van der Waals surface area contributed by atoms with Gasteiger partial charge in [-0.15, -0.1) is 11.3 Å². The van der Waals surface area contributed by atoms with Crippen molar-refractivity contribution in [1.29, 1.82) is 0 Å². The highest BCUT2D eigenvalue weighted by Gasteiger charge is 2.23. The van der Waals surface area contributed by atoms with Gasteiger partial charge in [-0.3, -0.25) is 4.79 Å². The second kappa shape index (κ2) is 5.36. The van der Waals surface area contributed by atoms with Gasteiger partial charge in [-0.25, -0.2) is 4.98 Å². The van der Waals surface area contributed by atoms with E-state index in [2.05, 4.69) is 36.5 Å². The summed E-state index contributed by atoms with van der Waals surface area (Å²) < 4.78 is 5.21. The van der Waals surface area contributed by atoms with E-state index >= 15 is 0 Å². The molecule has 0 spiro atoms. The van der Waals surface area contributed by atoms with Gasteiger partial charge in [0.1, 0.15) is 5.01 Å². The van der Waals surface area contributed by atoms with Crippen molar-refractivity contribution in [1.82, 2.24) is 10.3 Å². The predicted octanol–water partition coefficient (Wildman–Crippen LogP) is 2.09. The summed E-state index contributed by atoms with van der Waals surface area (Å²) in [6, 6.07) is 0. The zero-order chi connectivity index (χ0) is 13.2. The molecule has 5 heteroatoms. The quantitative estimate of drug-likeness (QED) is 0.913. The Labute approximate surface area is 112 Å². The standard InChI is InChI=1S/C13H20N2O2S/c1-13(2,3)10-8-18-11(15-10)6-14-12(16)9-4-5-17-7-9/h8-9H,4-7H2,1-3H3,(H,14,16)/t9-/m1/s1. The van der Waals surface area contributed by atoms with Gasteiger partial charge in [-0.05, 0) is 6.42 Å². The molecule has 0 aliphatic carbocycles. The molecule has 1 amide bonds. The maximum atomic E-state index is 11.8. The van der Waals surface area contributed by atoms with E-state index in [9.17, 15) is 4.79 Å². The molecule has 2 heterocycles. The fourth-order valence-electron chi connectivity index (χ4n) is 1.78. The first-order valence-corrected chi connectivity index (χ1v) is 7.15. The molecule has 1 aromatic rings. The van der Waals surface area contributed by atoms with Gasteiger partial charge < -0.3 is 10.1 Å². The fraction of sp³-hybridized carbons (Fsp3) is 0.692. The van der Waals surface area contributed by atoms with Crippen LogP contribution < -0.4 is 5.32 Å². The minimum Gasteiger partial charge on any atom is -0.381 e. The van der Waals surface area contributed by atoms with Crippen LogP contribution in [-0.4, -0.2) is 24.1 Å². The Bertz CT molecular complexity index is 417. The topological polar surface area (TPSA) is 51.2 Å². The molecule has 0 aromatic carbocycles. The lowest BCUT2D eigenvalue weighted by Gasteiger charge is -2.14. The second-order valence-electron chi connectivity index (χ2n) is 5.65. The third-order valence-electron chi connectivity index (χ3n) is 3.03. The zero-order valence-electron chi connectivity index (χ0n) is 11.2. The summed E-state index contributed by atoms with van der Waals surface area (Å²) >= 11 is 1.60. The molecule has 100 valence electrons. The molecular weight excluding hydrogens is 248 g/mol. The summed E-state index contributed by atoms with van der Waals surface area (Å²) in [6.45, 7) is 8.19. The van der Waals surface area contributed by atoms with Crippen molar-refractivity contribution in [3.05, 3.63) is 16.1 Å². The van der Waals surface area contributed by atoms with E-state index in [4.69, 9.17) is 4.74 Å². The van der Waals surface area contributed by atoms with E-state index < -0.39 is 0 Å². The van der Waals surface area contributed by atoms with Crippen molar-refractivity contribution in [3.8, 4) is 0 Å². The second-order valence-corrected chi connectivity index (χ2v) is 6.60. The van der Waals surface area contributed by atoms with Crippen LogP contribution in [0.1, 0.15) is 37.9 Å². The average molecular weight is 268 g/mol. The molecule has 1 fully saturated rings. The zero-order valence-corrected chi connectivity index (χ0v) is 12.0. The van der Waals surface area contributed by atoms with E-state index in [1.54, 1.807) is 11.3 Å². The van der Waals surface area contributed by atoms with Crippen LogP contribution in [0.4, 0.5) is 0 Å². The van der Waals surface area contributed by atoms with Gasteiger partial charge in [0.15, 0.2) is 0 Å². The van der Waals surface area contributed by atoms with Crippen LogP contribution in [0, 0.1) is 5.92 Å². The minimum atomic E-state index is 0.0204. The molecule has 1 atom stereocenters. The Morgan fingerprint density at radius 1 is 1.61 bits per heavy atom. The van der Waals surface area contributed by atoms with Crippen molar-refractivity contribution in [3.63, 3.8) is 0 Å². The molecule has 1 aromatic heterocycles. The highest BCUT2D eigenvalue weighted by Crippen LogP contribution is 2.23. The van der Waals surface area contributed by atoms with Crippen LogP contribution >= 0.6 is 11.3 Å². The Morgan fingerprint density at radius 2 is 2.39 bits per heavy atom. The highest BCUT2D eigenvalue weighted by atomic mass is 32.1. The SMILES string of the molecule is CC(C)(C)c1csc(CNC(=O)[C@@H]2CCOC2)n1. The van der Waals surface area contributed by atoms with E-state index in [-0.39, 0.29) is 17.2 Å². The number of hydrogen-bond donors (Lipinski definition) is 1. The molecular formula is C13H20N2O2S. The van der Waals surface area contributed by atoms with Gasteiger partial charge in [-0.2, -0.15) is 0 Å². The van der Waals surface area contributed by atoms with Gasteiger partial charge in [0.25, 0.3) is 0 Å². The number of aromatic nitrogens is 1. The van der Waals surface area contributed by atoms with Crippen LogP contribution in [0.2, 0.25) is 0 Å². The Morgan fingerprint density at radius 3 is 2.94 bits per heavy atom. The smallest absolute Gasteiger partial charge is 0.225 e. The Balaban J connectivity index is 1.86. The van der Waals surface area contributed by atoms with Crippen molar-refractivity contribution in [2.75, 3.05) is 13.2 Å². The molecule has 0 radical (unpaired) electrons. The molecule has 1 aliphatic heterocycles. The highest BCUT2D eigenvalue weighted by molar-refractivity contribution is 7.09. The third-order valence-corrected chi connectivity index (χ3v) is 3.88. The summed E-state index contributed by atoms with van der Waals surface area (Å²) in [4.78, 5) is 16.4. The molecule has 2 rings (SSSR count). The number of hydrogen-bond acceptors (Lipinski definition) is 4. The van der Waals surface area contributed by atoms with E-state index in [1.165, 1.54) is 0 Å². The third kappa shape index (κ3) is 3.29. The van der Waals surface area contributed by atoms with Gasteiger partial charge in [-0.1, -0.05) is 20.8 Å². The lowest BCUT2D eigenvalue weighted by atomic mass is 9.93. The largest absolute Gasteiger partial charge is 0.381 e. The molecule has 18 heavy (non-hydrogen) atoms.